The fraction of sp³-hybridized carbons (Fsp3) is 0.353. The van der Waals surface area contributed by atoms with Crippen LogP contribution in [0.1, 0.15) is 12.0 Å². The first-order valence-electron chi connectivity index (χ1n) is 6.91. The van der Waals surface area contributed by atoms with Crippen LogP contribution in [-0.4, -0.2) is 33.6 Å². The molecule has 0 amide bonds. The van der Waals surface area contributed by atoms with Gasteiger partial charge in [0.1, 0.15) is 0 Å². The van der Waals surface area contributed by atoms with E-state index in [-0.39, 0.29) is 19.2 Å². The smallest absolute Gasteiger partial charge is 0.309 e. The summed E-state index contributed by atoms with van der Waals surface area (Å²) >= 11 is 0. The fourth-order valence-corrected chi connectivity index (χ4v) is 1.58. The number of carbonyl (C=O) groups is 1. The molecular formula is C17H22O5. The molecule has 0 spiro atoms. The molecule has 22 heavy (non-hydrogen) atoms. The van der Waals surface area contributed by atoms with Crippen LogP contribution in [-0.2, 0) is 30.3 Å². The quantitative estimate of drug-likeness (QED) is 0.219. The van der Waals surface area contributed by atoms with Crippen LogP contribution in [0, 0.1) is 0 Å². The largest absolute Gasteiger partial charge is 0.475 e. The van der Waals surface area contributed by atoms with Crippen LogP contribution in [0.15, 0.2) is 54.3 Å². The maximum absolute atomic E-state index is 11.2. The van der Waals surface area contributed by atoms with Gasteiger partial charge >= 0.3 is 5.97 Å². The Hall–Kier alpha value is -2.11. The van der Waals surface area contributed by atoms with Gasteiger partial charge in [-0.15, -0.1) is 0 Å². The average molecular weight is 306 g/mol. The first-order chi connectivity index (χ1) is 10.8. The summed E-state index contributed by atoms with van der Waals surface area (Å²) in [4.78, 5) is 11.2. The van der Waals surface area contributed by atoms with Crippen LogP contribution in [0.5, 0.6) is 0 Å². The minimum atomic E-state index is -0.299. The van der Waals surface area contributed by atoms with Gasteiger partial charge in [0.15, 0.2) is 6.79 Å². The van der Waals surface area contributed by atoms with E-state index in [2.05, 4.69) is 4.74 Å². The molecule has 0 saturated carbocycles. The zero-order valence-electron chi connectivity index (χ0n) is 13.0. The Labute approximate surface area is 131 Å². The molecule has 0 bridgehead atoms. The highest BCUT2D eigenvalue weighted by Crippen LogP contribution is 2.06. The number of ether oxygens (including phenoxy) is 4. The molecule has 0 fully saturated rings. The molecule has 5 heteroatoms. The number of carbonyl (C=O) groups excluding carboxylic acids is 1. The van der Waals surface area contributed by atoms with Crippen molar-refractivity contribution in [2.75, 3.05) is 27.6 Å². The minimum absolute atomic E-state index is 0.172. The van der Waals surface area contributed by atoms with Crippen molar-refractivity contribution < 1.29 is 23.7 Å². The van der Waals surface area contributed by atoms with Crippen molar-refractivity contribution >= 4 is 5.97 Å². The highest BCUT2D eigenvalue weighted by atomic mass is 16.7. The number of esters is 1. The van der Waals surface area contributed by atoms with E-state index in [1.165, 1.54) is 13.4 Å². The average Bonchev–Trinajstić information content (AvgIpc) is 2.56. The fourth-order valence-electron chi connectivity index (χ4n) is 1.58. The van der Waals surface area contributed by atoms with E-state index in [0.29, 0.717) is 13.2 Å². The van der Waals surface area contributed by atoms with E-state index < -0.39 is 0 Å². The minimum Gasteiger partial charge on any atom is -0.475 e. The van der Waals surface area contributed by atoms with Crippen LogP contribution in [0.25, 0.3) is 0 Å². The highest BCUT2D eigenvalue weighted by Gasteiger charge is 2.00. The second kappa shape index (κ2) is 11.5. The second-order valence-electron chi connectivity index (χ2n) is 4.41. The summed E-state index contributed by atoms with van der Waals surface area (Å²) < 4.78 is 20.1. The molecular weight excluding hydrogens is 284 g/mol. The van der Waals surface area contributed by atoms with E-state index in [1.54, 1.807) is 19.3 Å². The lowest BCUT2D eigenvalue weighted by Gasteiger charge is -2.06. The third-order valence-corrected chi connectivity index (χ3v) is 2.70. The van der Waals surface area contributed by atoms with Gasteiger partial charge < -0.3 is 18.9 Å². The number of benzene rings is 1. The maximum Gasteiger partial charge on any atom is 0.309 e. The van der Waals surface area contributed by atoms with Gasteiger partial charge in [-0.3, -0.25) is 4.79 Å². The molecule has 0 heterocycles. The summed E-state index contributed by atoms with van der Waals surface area (Å²) in [6, 6.07) is 9.88. The Kier molecular flexibility index (Phi) is 9.41. The molecule has 0 aliphatic heterocycles. The number of rotatable bonds is 10. The predicted octanol–water partition coefficient (Wildman–Crippen LogP) is 2.83. The first-order valence-corrected chi connectivity index (χ1v) is 6.91. The summed E-state index contributed by atoms with van der Waals surface area (Å²) in [5, 5.41) is 0. The maximum atomic E-state index is 11.2. The summed E-state index contributed by atoms with van der Waals surface area (Å²) in [5.74, 6) is -0.299. The molecule has 1 aromatic rings. The zero-order valence-corrected chi connectivity index (χ0v) is 13.0. The van der Waals surface area contributed by atoms with Crippen LogP contribution in [0.3, 0.4) is 0 Å². The lowest BCUT2D eigenvalue weighted by molar-refractivity contribution is -0.139. The Bertz CT molecular complexity index is 479. The molecule has 120 valence electrons. The van der Waals surface area contributed by atoms with Crippen LogP contribution >= 0.6 is 0 Å². The third-order valence-electron chi connectivity index (χ3n) is 2.70. The second-order valence-corrected chi connectivity index (χ2v) is 4.41. The molecule has 0 N–H and O–H groups in total. The van der Waals surface area contributed by atoms with Crippen LogP contribution in [0.2, 0.25) is 0 Å². The van der Waals surface area contributed by atoms with Gasteiger partial charge in [0, 0.05) is 7.11 Å². The molecule has 1 rings (SSSR count). The molecule has 0 saturated heterocycles. The Morgan fingerprint density at radius 3 is 2.64 bits per heavy atom. The number of hydrogen-bond acceptors (Lipinski definition) is 5. The van der Waals surface area contributed by atoms with Crippen molar-refractivity contribution in [1.29, 1.82) is 0 Å². The van der Waals surface area contributed by atoms with E-state index >= 15 is 0 Å². The van der Waals surface area contributed by atoms with E-state index in [0.717, 1.165) is 11.1 Å². The Morgan fingerprint density at radius 1 is 1.18 bits per heavy atom. The SMILES string of the molecule is COCO/C=C/C(=C/CC(=O)OC)COCc1ccccc1. The van der Waals surface area contributed by atoms with Gasteiger partial charge in [-0.05, 0) is 17.2 Å². The van der Waals surface area contributed by atoms with Crippen molar-refractivity contribution in [2.45, 2.75) is 13.0 Å². The lowest BCUT2D eigenvalue weighted by Crippen LogP contribution is -2.01. The predicted molar refractivity (Wildman–Crippen MR) is 82.9 cm³/mol. The van der Waals surface area contributed by atoms with Crippen LogP contribution in [0.4, 0.5) is 0 Å². The molecule has 0 aliphatic rings. The van der Waals surface area contributed by atoms with Crippen molar-refractivity contribution in [3.8, 4) is 0 Å². The van der Waals surface area contributed by atoms with E-state index in [1.807, 2.05) is 30.3 Å². The summed E-state index contributed by atoms with van der Waals surface area (Å²) in [6.07, 6.45) is 5.20. The summed E-state index contributed by atoms with van der Waals surface area (Å²) in [6.45, 7) is 1.05. The third kappa shape index (κ3) is 8.24. The summed E-state index contributed by atoms with van der Waals surface area (Å²) in [5.41, 5.74) is 1.92. The number of methoxy groups -OCH3 is 2. The number of hydrogen-bond donors (Lipinski definition) is 0. The Morgan fingerprint density at radius 2 is 1.95 bits per heavy atom. The van der Waals surface area contributed by atoms with Gasteiger partial charge in [0.25, 0.3) is 0 Å². The Balaban J connectivity index is 2.49. The monoisotopic (exact) mass is 306 g/mol. The standard InChI is InChI=1S/C17H22O5/c1-19-14-21-11-10-16(8-9-17(18)20-2)13-22-12-15-6-4-3-5-7-15/h3-8,10-11H,9,12-14H2,1-2H3/b11-10+,16-8-. The molecule has 0 atom stereocenters. The van der Waals surface area contributed by atoms with Crippen molar-refractivity contribution in [1.82, 2.24) is 0 Å². The topological polar surface area (TPSA) is 54.0 Å². The molecule has 0 radical (unpaired) electrons. The lowest BCUT2D eigenvalue weighted by atomic mass is 10.2. The van der Waals surface area contributed by atoms with E-state index in [4.69, 9.17) is 14.2 Å². The molecule has 1 aromatic carbocycles. The molecule has 5 nitrogen and oxygen atoms in total. The molecule has 0 aromatic heterocycles. The van der Waals surface area contributed by atoms with Gasteiger partial charge in [0.2, 0.25) is 0 Å². The van der Waals surface area contributed by atoms with Gasteiger partial charge in [-0.2, -0.15) is 0 Å². The molecule has 0 aliphatic carbocycles. The van der Waals surface area contributed by atoms with E-state index in [9.17, 15) is 4.79 Å². The summed E-state index contributed by atoms with van der Waals surface area (Å²) in [7, 11) is 2.91. The van der Waals surface area contributed by atoms with Gasteiger partial charge in [-0.1, -0.05) is 36.4 Å². The van der Waals surface area contributed by atoms with Crippen molar-refractivity contribution in [3.05, 3.63) is 59.9 Å². The zero-order chi connectivity index (χ0) is 16.0. The van der Waals surface area contributed by atoms with Crippen molar-refractivity contribution in [3.63, 3.8) is 0 Å². The van der Waals surface area contributed by atoms with Crippen LogP contribution < -0.4 is 0 Å². The first kappa shape index (κ1) is 17.9. The van der Waals surface area contributed by atoms with Gasteiger partial charge in [0.05, 0.1) is 33.0 Å². The van der Waals surface area contributed by atoms with Gasteiger partial charge in [-0.25, -0.2) is 0 Å². The molecule has 0 unspecified atom stereocenters. The normalized spacial score (nSPS) is 11.6. The van der Waals surface area contributed by atoms with Crippen molar-refractivity contribution in [2.24, 2.45) is 0 Å². The highest BCUT2D eigenvalue weighted by molar-refractivity contribution is 5.71.